The van der Waals surface area contributed by atoms with Gasteiger partial charge in [-0.3, -0.25) is 5.84 Å². The summed E-state index contributed by atoms with van der Waals surface area (Å²) in [6.45, 7) is 4.87. The van der Waals surface area contributed by atoms with Crippen molar-refractivity contribution in [3.8, 4) is 0 Å². The van der Waals surface area contributed by atoms with Gasteiger partial charge >= 0.3 is 0 Å². The van der Waals surface area contributed by atoms with E-state index in [0.717, 1.165) is 25.9 Å². The van der Waals surface area contributed by atoms with E-state index in [2.05, 4.69) is 4.72 Å². The van der Waals surface area contributed by atoms with Gasteiger partial charge in [0.25, 0.3) is 0 Å². The van der Waals surface area contributed by atoms with Crippen LogP contribution in [-0.2, 0) is 10.0 Å². The number of hydrogen-bond acceptors (Lipinski definition) is 4. The summed E-state index contributed by atoms with van der Waals surface area (Å²) in [5, 5.41) is 1.36. The Balaban J connectivity index is 2.46. The van der Waals surface area contributed by atoms with Crippen molar-refractivity contribution in [1.29, 1.82) is 0 Å². The first-order valence-corrected chi connectivity index (χ1v) is 6.47. The number of piperidine rings is 1. The smallest absolute Gasteiger partial charge is 0.214 e. The van der Waals surface area contributed by atoms with Crippen LogP contribution in [0.4, 0.5) is 0 Å². The van der Waals surface area contributed by atoms with E-state index in [9.17, 15) is 8.42 Å². The normalized spacial score (nSPS) is 21.7. The lowest BCUT2D eigenvalue weighted by atomic mass is 10.1. The van der Waals surface area contributed by atoms with Crippen molar-refractivity contribution in [2.45, 2.75) is 38.0 Å². The zero-order chi connectivity index (χ0) is 10.8. The van der Waals surface area contributed by atoms with Crippen LogP contribution in [0.5, 0.6) is 0 Å². The second kappa shape index (κ2) is 4.57. The highest BCUT2D eigenvalue weighted by molar-refractivity contribution is 7.90. The summed E-state index contributed by atoms with van der Waals surface area (Å²) in [5.41, 5.74) is 0. The highest BCUT2D eigenvalue weighted by Crippen LogP contribution is 2.09. The van der Waals surface area contributed by atoms with Crippen molar-refractivity contribution < 1.29 is 8.42 Å². The fourth-order valence-electron chi connectivity index (χ4n) is 1.39. The molecule has 0 spiro atoms. The molecule has 0 atom stereocenters. The van der Waals surface area contributed by atoms with Crippen molar-refractivity contribution in [3.63, 3.8) is 0 Å². The van der Waals surface area contributed by atoms with Gasteiger partial charge in [0, 0.05) is 19.1 Å². The van der Waals surface area contributed by atoms with Gasteiger partial charge in [0.15, 0.2) is 0 Å². The lowest BCUT2D eigenvalue weighted by molar-refractivity contribution is 0.212. The predicted octanol–water partition coefficient (Wildman–Crippen LogP) is -0.348. The number of nitrogens with one attached hydrogen (secondary N) is 1. The Bertz CT molecular complexity index is 268. The molecule has 0 radical (unpaired) electrons. The first-order chi connectivity index (χ1) is 6.42. The van der Waals surface area contributed by atoms with Crippen LogP contribution in [0.3, 0.4) is 0 Å². The van der Waals surface area contributed by atoms with E-state index < -0.39 is 10.0 Å². The zero-order valence-electron chi connectivity index (χ0n) is 8.73. The lowest BCUT2D eigenvalue weighted by Crippen LogP contribution is -2.48. The zero-order valence-corrected chi connectivity index (χ0v) is 9.55. The van der Waals surface area contributed by atoms with Gasteiger partial charge in [-0.1, -0.05) is 0 Å². The third kappa shape index (κ3) is 3.20. The standard InChI is InChI=1S/C8H19N3O2S/c1-7(2)14(12,13)10-8-3-5-11(9)6-4-8/h7-8,10H,3-6,9H2,1-2H3. The number of nitrogens with zero attached hydrogens (tertiary/aromatic N) is 1. The minimum atomic E-state index is -3.12. The molecule has 0 bridgehead atoms. The first kappa shape index (κ1) is 11.9. The van der Waals surface area contributed by atoms with Crippen molar-refractivity contribution in [2.75, 3.05) is 13.1 Å². The largest absolute Gasteiger partial charge is 0.269 e. The maximum Gasteiger partial charge on any atom is 0.214 e. The van der Waals surface area contributed by atoms with Gasteiger partial charge in [0.05, 0.1) is 5.25 Å². The molecule has 0 aromatic carbocycles. The molecular formula is C8H19N3O2S. The van der Waals surface area contributed by atoms with Gasteiger partial charge in [-0.25, -0.2) is 18.1 Å². The maximum atomic E-state index is 11.5. The van der Waals surface area contributed by atoms with E-state index in [0.29, 0.717) is 0 Å². The molecule has 1 aliphatic rings. The predicted molar refractivity (Wildman–Crippen MR) is 56.0 cm³/mol. The monoisotopic (exact) mass is 221 g/mol. The summed E-state index contributed by atoms with van der Waals surface area (Å²) >= 11 is 0. The quantitative estimate of drug-likeness (QED) is 0.639. The highest BCUT2D eigenvalue weighted by Gasteiger charge is 2.24. The maximum absolute atomic E-state index is 11.5. The third-order valence-corrected chi connectivity index (χ3v) is 4.38. The summed E-state index contributed by atoms with van der Waals surface area (Å²) in [4.78, 5) is 0. The Morgan fingerprint density at radius 1 is 1.36 bits per heavy atom. The van der Waals surface area contributed by atoms with Crippen LogP contribution in [0.25, 0.3) is 0 Å². The average molecular weight is 221 g/mol. The van der Waals surface area contributed by atoms with Crippen LogP contribution in [-0.4, -0.2) is 37.8 Å². The number of nitrogens with two attached hydrogens (primary N) is 1. The van der Waals surface area contributed by atoms with Crippen LogP contribution in [0.15, 0.2) is 0 Å². The molecular weight excluding hydrogens is 202 g/mol. The summed E-state index contributed by atoms with van der Waals surface area (Å²) in [7, 11) is -3.12. The molecule has 6 heteroatoms. The molecule has 84 valence electrons. The topological polar surface area (TPSA) is 75.4 Å². The summed E-state index contributed by atoms with van der Waals surface area (Å²) < 4.78 is 25.8. The fraction of sp³-hybridized carbons (Fsp3) is 1.00. The van der Waals surface area contributed by atoms with Crippen molar-refractivity contribution in [1.82, 2.24) is 9.73 Å². The average Bonchev–Trinajstić information content (AvgIpc) is 2.08. The summed E-state index contributed by atoms with van der Waals surface area (Å²) in [6, 6.07) is 0.0576. The number of sulfonamides is 1. The Labute approximate surface area is 85.7 Å². The number of rotatable bonds is 3. The summed E-state index contributed by atoms with van der Waals surface area (Å²) in [6.07, 6.45) is 1.59. The summed E-state index contributed by atoms with van der Waals surface area (Å²) in [5.74, 6) is 5.58. The van der Waals surface area contributed by atoms with E-state index in [1.54, 1.807) is 18.9 Å². The Kier molecular flexibility index (Phi) is 3.88. The molecule has 1 rings (SSSR count). The lowest BCUT2D eigenvalue weighted by Gasteiger charge is -2.29. The van der Waals surface area contributed by atoms with Gasteiger partial charge in [-0.05, 0) is 26.7 Å². The van der Waals surface area contributed by atoms with Gasteiger partial charge < -0.3 is 0 Å². The highest BCUT2D eigenvalue weighted by atomic mass is 32.2. The van der Waals surface area contributed by atoms with Gasteiger partial charge in [-0.2, -0.15) is 0 Å². The van der Waals surface area contributed by atoms with Crippen molar-refractivity contribution >= 4 is 10.0 Å². The van der Waals surface area contributed by atoms with Crippen LogP contribution in [0, 0.1) is 0 Å². The Hall–Kier alpha value is -0.170. The molecule has 1 aliphatic heterocycles. The molecule has 0 aromatic rings. The van der Waals surface area contributed by atoms with Gasteiger partial charge in [0.2, 0.25) is 10.0 Å². The third-order valence-electron chi connectivity index (χ3n) is 2.48. The molecule has 0 unspecified atom stereocenters. The molecule has 14 heavy (non-hydrogen) atoms. The van der Waals surface area contributed by atoms with Crippen molar-refractivity contribution in [3.05, 3.63) is 0 Å². The molecule has 0 aliphatic carbocycles. The second-order valence-electron chi connectivity index (χ2n) is 4.02. The van der Waals surface area contributed by atoms with Crippen LogP contribution < -0.4 is 10.6 Å². The van der Waals surface area contributed by atoms with Crippen LogP contribution in [0.1, 0.15) is 26.7 Å². The van der Waals surface area contributed by atoms with Crippen LogP contribution in [0.2, 0.25) is 0 Å². The molecule has 1 saturated heterocycles. The Morgan fingerprint density at radius 2 is 1.86 bits per heavy atom. The van der Waals surface area contributed by atoms with E-state index in [4.69, 9.17) is 5.84 Å². The molecule has 1 fully saturated rings. The minimum Gasteiger partial charge on any atom is -0.269 e. The van der Waals surface area contributed by atoms with E-state index in [-0.39, 0.29) is 11.3 Å². The SMILES string of the molecule is CC(C)S(=O)(=O)NC1CCN(N)CC1. The van der Waals surface area contributed by atoms with E-state index >= 15 is 0 Å². The minimum absolute atomic E-state index is 0.0576. The fourth-order valence-corrected chi connectivity index (χ4v) is 2.36. The molecule has 3 N–H and O–H groups in total. The Morgan fingerprint density at radius 3 is 2.29 bits per heavy atom. The number of hydrazine groups is 1. The van der Waals surface area contributed by atoms with Crippen molar-refractivity contribution in [2.24, 2.45) is 5.84 Å². The number of hydrogen-bond donors (Lipinski definition) is 2. The second-order valence-corrected chi connectivity index (χ2v) is 6.29. The van der Waals surface area contributed by atoms with Crippen LogP contribution >= 0.6 is 0 Å². The van der Waals surface area contributed by atoms with Gasteiger partial charge in [-0.15, -0.1) is 0 Å². The molecule has 0 amide bonds. The molecule has 5 nitrogen and oxygen atoms in total. The first-order valence-electron chi connectivity index (χ1n) is 4.92. The molecule has 0 aromatic heterocycles. The molecule has 1 heterocycles. The molecule has 0 saturated carbocycles. The van der Waals surface area contributed by atoms with Gasteiger partial charge in [0.1, 0.15) is 0 Å². The van der Waals surface area contributed by atoms with E-state index in [1.807, 2.05) is 0 Å². The van der Waals surface area contributed by atoms with E-state index in [1.165, 1.54) is 0 Å².